The van der Waals surface area contributed by atoms with Crippen LogP contribution in [-0.4, -0.2) is 37.0 Å². The normalized spacial score (nSPS) is 9.29. The van der Waals surface area contributed by atoms with Crippen LogP contribution in [-0.2, 0) is 14.3 Å². The highest BCUT2D eigenvalue weighted by molar-refractivity contribution is 5.89. The number of methoxy groups -OCH3 is 1. The Hall–Kier alpha value is -1.32. The Morgan fingerprint density at radius 3 is 2.57 bits per heavy atom. The molecule has 0 unspecified atom stereocenters. The first-order chi connectivity index (χ1) is 6.65. The molecule has 0 atom stereocenters. The predicted molar refractivity (Wildman–Crippen MR) is 53.7 cm³/mol. The average Bonchev–Trinajstić information content (AvgIpc) is 2.22. The predicted octanol–water partition coefficient (Wildman–Crippen LogP) is 0.974. The van der Waals surface area contributed by atoms with Crippen molar-refractivity contribution in [2.24, 2.45) is 0 Å². The summed E-state index contributed by atoms with van der Waals surface area (Å²) < 4.78 is 4.49. The van der Waals surface area contributed by atoms with E-state index in [1.165, 1.54) is 18.1 Å². The summed E-state index contributed by atoms with van der Waals surface area (Å²) in [7, 11) is 1.30. The van der Waals surface area contributed by atoms with Crippen molar-refractivity contribution in [1.29, 1.82) is 0 Å². The van der Waals surface area contributed by atoms with Crippen molar-refractivity contribution in [1.82, 2.24) is 4.90 Å². The summed E-state index contributed by atoms with van der Waals surface area (Å²) in [5.74, 6) is -0.639. The fraction of sp³-hybridized carbons (Fsp3) is 0.600. The lowest BCUT2D eigenvalue weighted by Crippen LogP contribution is -2.35. The molecule has 0 aromatic rings. The molecule has 0 rings (SSSR count). The van der Waals surface area contributed by atoms with E-state index in [4.69, 9.17) is 0 Å². The minimum atomic E-state index is -0.406. The zero-order valence-corrected chi connectivity index (χ0v) is 8.78. The van der Waals surface area contributed by atoms with E-state index in [-0.39, 0.29) is 12.5 Å². The van der Waals surface area contributed by atoms with Crippen molar-refractivity contribution in [3.8, 4) is 0 Å². The van der Waals surface area contributed by atoms with Gasteiger partial charge in [0.2, 0.25) is 5.91 Å². The van der Waals surface area contributed by atoms with Gasteiger partial charge in [0, 0.05) is 6.54 Å². The number of amides is 1. The van der Waals surface area contributed by atoms with Gasteiger partial charge in [-0.2, -0.15) is 0 Å². The Kier molecular flexibility index (Phi) is 6.45. The third-order valence-electron chi connectivity index (χ3n) is 1.82. The van der Waals surface area contributed by atoms with E-state index in [1.807, 2.05) is 6.92 Å². The number of carbonyl (C=O) groups is 2. The van der Waals surface area contributed by atoms with Gasteiger partial charge in [-0.1, -0.05) is 19.9 Å². The first-order valence-corrected chi connectivity index (χ1v) is 4.63. The van der Waals surface area contributed by atoms with E-state index < -0.39 is 5.97 Å². The second-order valence-electron chi connectivity index (χ2n) is 2.89. The summed E-state index contributed by atoms with van der Waals surface area (Å²) in [6.45, 7) is 5.97. The summed E-state index contributed by atoms with van der Waals surface area (Å²) in [6.07, 6.45) is 3.05. The molecule has 0 aliphatic carbocycles. The zero-order chi connectivity index (χ0) is 11.0. The highest BCUT2D eigenvalue weighted by Crippen LogP contribution is 1.97. The van der Waals surface area contributed by atoms with Crippen LogP contribution in [0.1, 0.15) is 19.8 Å². The van der Waals surface area contributed by atoms with E-state index in [9.17, 15) is 9.59 Å². The Morgan fingerprint density at radius 1 is 1.50 bits per heavy atom. The fourth-order valence-corrected chi connectivity index (χ4v) is 0.966. The van der Waals surface area contributed by atoms with Crippen LogP contribution < -0.4 is 0 Å². The Morgan fingerprint density at radius 2 is 2.14 bits per heavy atom. The minimum Gasteiger partial charge on any atom is -0.468 e. The molecule has 0 spiro atoms. The van der Waals surface area contributed by atoms with Crippen molar-refractivity contribution >= 4 is 11.9 Å². The minimum absolute atomic E-state index is 0.00134. The summed E-state index contributed by atoms with van der Waals surface area (Å²) in [5.41, 5.74) is 0. The lowest BCUT2D eigenvalue weighted by Gasteiger charge is -2.19. The molecular weight excluding hydrogens is 182 g/mol. The van der Waals surface area contributed by atoms with Crippen LogP contribution in [0.4, 0.5) is 0 Å². The molecule has 80 valence electrons. The molecule has 1 amide bonds. The van der Waals surface area contributed by atoms with E-state index in [0.29, 0.717) is 6.54 Å². The molecule has 0 aromatic heterocycles. The van der Waals surface area contributed by atoms with E-state index in [1.54, 1.807) is 0 Å². The van der Waals surface area contributed by atoms with Gasteiger partial charge in [0.15, 0.2) is 0 Å². The number of ether oxygens (including phenoxy) is 1. The maximum atomic E-state index is 11.3. The summed E-state index contributed by atoms with van der Waals surface area (Å²) in [6, 6.07) is 0. The molecule has 0 aliphatic heterocycles. The van der Waals surface area contributed by atoms with Crippen LogP contribution in [0.5, 0.6) is 0 Å². The number of unbranched alkanes of at least 4 members (excludes halogenated alkanes) is 1. The quantitative estimate of drug-likeness (QED) is 0.473. The lowest BCUT2D eigenvalue weighted by atomic mass is 10.3. The molecule has 0 aliphatic rings. The number of hydrogen-bond donors (Lipinski definition) is 0. The first-order valence-electron chi connectivity index (χ1n) is 4.63. The van der Waals surface area contributed by atoms with Crippen molar-refractivity contribution in [2.75, 3.05) is 20.2 Å². The topological polar surface area (TPSA) is 46.6 Å². The number of nitrogens with zero attached hydrogens (tertiary/aromatic N) is 1. The molecule has 0 radical (unpaired) electrons. The molecule has 0 N–H and O–H groups in total. The number of esters is 1. The molecular formula is C10H17NO3. The molecule has 0 aromatic carbocycles. The van der Waals surface area contributed by atoms with Gasteiger partial charge in [-0.05, 0) is 12.5 Å². The van der Waals surface area contributed by atoms with Crippen molar-refractivity contribution < 1.29 is 14.3 Å². The van der Waals surface area contributed by atoms with Gasteiger partial charge < -0.3 is 9.64 Å². The van der Waals surface area contributed by atoms with E-state index in [0.717, 1.165) is 12.8 Å². The maximum absolute atomic E-state index is 11.3. The van der Waals surface area contributed by atoms with Crippen LogP contribution in [0.3, 0.4) is 0 Å². The van der Waals surface area contributed by atoms with Gasteiger partial charge in [0.25, 0.3) is 0 Å². The van der Waals surface area contributed by atoms with Crippen molar-refractivity contribution in [2.45, 2.75) is 19.8 Å². The Bertz CT molecular complexity index is 213. The largest absolute Gasteiger partial charge is 0.468 e. The second kappa shape index (κ2) is 7.12. The third kappa shape index (κ3) is 4.64. The van der Waals surface area contributed by atoms with E-state index in [2.05, 4.69) is 11.3 Å². The van der Waals surface area contributed by atoms with Gasteiger partial charge in [-0.15, -0.1) is 0 Å². The van der Waals surface area contributed by atoms with Crippen LogP contribution in [0.2, 0.25) is 0 Å². The maximum Gasteiger partial charge on any atom is 0.325 e. The Labute approximate surface area is 84.5 Å². The smallest absolute Gasteiger partial charge is 0.325 e. The SMILES string of the molecule is C=CC(=O)N(CCCC)CC(=O)OC. The average molecular weight is 199 g/mol. The molecule has 4 heteroatoms. The third-order valence-corrected chi connectivity index (χ3v) is 1.82. The number of carbonyl (C=O) groups excluding carboxylic acids is 2. The molecule has 0 fully saturated rings. The van der Waals surface area contributed by atoms with Gasteiger partial charge in [0.1, 0.15) is 6.54 Å². The number of rotatable bonds is 6. The van der Waals surface area contributed by atoms with E-state index >= 15 is 0 Å². The van der Waals surface area contributed by atoms with Crippen LogP contribution in [0.25, 0.3) is 0 Å². The molecule has 0 saturated carbocycles. The summed E-state index contributed by atoms with van der Waals surface area (Å²) in [5, 5.41) is 0. The van der Waals surface area contributed by atoms with Crippen molar-refractivity contribution in [3.63, 3.8) is 0 Å². The molecule has 0 bridgehead atoms. The summed E-state index contributed by atoms with van der Waals surface area (Å²) >= 11 is 0. The molecule has 0 saturated heterocycles. The van der Waals surface area contributed by atoms with Gasteiger partial charge >= 0.3 is 5.97 Å². The molecule has 0 heterocycles. The number of hydrogen-bond acceptors (Lipinski definition) is 3. The summed E-state index contributed by atoms with van der Waals surface area (Å²) in [4.78, 5) is 23.7. The van der Waals surface area contributed by atoms with Gasteiger partial charge in [0.05, 0.1) is 7.11 Å². The van der Waals surface area contributed by atoms with Crippen LogP contribution in [0, 0.1) is 0 Å². The second-order valence-corrected chi connectivity index (χ2v) is 2.89. The zero-order valence-electron chi connectivity index (χ0n) is 8.78. The molecule has 4 nitrogen and oxygen atoms in total. The monoisotopic (exact) mass is 199 g/mol. The first kappa shape index (κ1) is 12.7. The fourth-order valence-electron chi connectivity index (χ4n) is 0.966. The van der Waals surface area contributed by atoms with Gasteiger partial charge in [-0.3, -0.25) is 9.59 Å². The van der Waals surface area contributed by atoms with Gasteiger partial charge in [-0.25, -0.2) is 0 Å². The van der Waals surface area contributed by atoms with Crippen LogP contribution in [0.15, 0.2) is 12.7 Å². The van der Waals surface area contributed by atoms with Crippen molar-refractivity contribution in [3.05, 3.63) is 12.7 Å². The highest BCUT2D eigenvalue weighted by Gasteiger charge is 2.13. The lowest BCUT2D eigenvalue weighted by molar-refractivity contribution is -0.145. The highest BCUT2D eigenvalue weighted by atomic mass is 16.5. The standard InChI is InChI=1S/C10H17NO3/c1-4-6-7-11(9(12)5-2)8-10(13)14-3/h5H,2,4,6-8H2,1,3H3. The van der Waals surface area contributed by atoms with Crippen LogP contribution >= 0.6 is 0 Å². The molecule has 14 heavy (non-hydrogen) atoms. The Balaban J connectivity index is 4.16.